The van der Waals surface area contributed by atoms with Crippen molar-refractivity contribution >= 4 is 23.1 Å². The predicted molar refractivity (Wildman–Crippen MR) is 213 cm³/mol. The molecule has 0 spiro atoms. The number of ether oxygens (including phenoxy) is 2. The fourth-order valence-corrected chi connectivity index (χ4v) is 7.11. The second-order valence-electron chi connectivity index (χ2n) is 14.8. The van der Waals surface area contributed by atoms with Gasteiger partial charge in [-0.2, -0.15) is 0 Å². The van der Waals surface area contributed by atoms with Crippen molar-refractivity contribution in [1.29, 1.82) is 0 Å². The fraction of sp³-hybridized carbons (Fsp3) is 0.149. The summed E-state index contributed by atoms with van der Waals surface area (Å²) in [6.07, 6.45) is 4.80. The zero-order valence-electron chi connectivity index (χ0n) is 30.5. The number of aryl methyl sites for hydroxylation is 2. The van der Waals surface area contributed by atoms with Crippen molar-refractivity contribution < 1.29 is 29.6 Å². The molecule has 0 unspecified atom stereocenters. The van der Waals surface area contributed by atoms with Gasteiger partial charge < -0.3 is 19.4 Å². The number of hydrogen-bond donors (Lipinski definition) is 0. The van der Waals surface area contributed by atoms with Crippen molar-refractivity contribution in [3.05, 3.63) is 163 Å². The van der Waals surface area contributed by atoms with Gasteiger partial charge in [0.2, 0.25) is 6.71 Å². The van der Waals surface area contributed by atoms with Crippen LogP contribution in [0.5, 0.6) is 23.0 Å². The van der Waals surface area contributed by atoms with E-state index in [0.717, 1.165) is 68.3 Å². The van der Waals surface area contributed by atoms with E-state index < -0.39 is 0 Å². The van der Waals surface area contributed by atoms with Crippen LogP contribution in [0.3, 0.4) is 0 Å². The summed E-state index contributed by atoms with van der Waals surface area (Å²) in [7, 11) is 0. The van der Waals surface area contributed by atoms with Gasteiger partial charge in [-0.25, -0.2) is 0 Å². The Hall–Kier alpha value is -5.29. The van der Waals surface area contributed by atoms with Crippen LogP contribution in [0.25, 0.3) is 33.6 Å². The molecular formula is C47H39BIrN2O2-2. The average molecular weight is 867 g/mol. The number of rotatable bonds is 4. The van der Waals surface area contributed by atoms with Crippen molar-refractivity contribution in [2.45, 2.75) is 41.0 Å². The van der Waals surface area contributed by atoms with E-state index in [4.69, 9.17) is 14.5 Å². The minimum Gasteiger partial charge on any atom is -0.503 e. The number of para-hydroxylation sites is 2. The molecule has 0 amide bonds. The molecule has 0 saturated heterocycles. The van der Waals surface area contributed by atoms with E-state index in [-0.39, 0.29) is 32.2 Å². The molecule has 4 heterocycles. The molecule has 2 aromatic heterocycles. The molecular weight excluding hydrogens is 828 g/mol. The second kappa shape index (κ2) is 15.0. The van der Waals surface area contributed by atoms with Crippen LogP contribution in [0.1, 0.15) is 37.5 Å². The van der Waals surface area contributed by atoms with Crippen molar-refractivity contribution in [2.75, 3.05) is 0 Å². The average Bonchev–Trinajstić information content (AvgIpc) is 3.15. The summed E-state index contributed by atoms with van der Waals surface area (Å²) in [5, 5.41) is 0. The third-order valence-corrected chi connectivity index (χ3v) is 9.51. The fourth-order valence-electron chi connectivity index (χ4n) is 7.11. The molecule has 53 heavy (non-hydrogen) atoms. The molecule has 0 atom stereocenters. The van der Waals surface area contributed by atoms with E-state index in [9.17, 15) is 0 Å². The van der Waals surface area contributed by atoms with Gasteiger partial charge in [0.15, 0.2) is 0 Å². The Labute approximate surface area is 326 Å². The van der Waals surface area contributed by atoms with Crippen molar-refractivity contribution in [3.8, 4) is 56.6 Å². The predicted octanol–water partition coefficient (Wildman–Crippen LogP) is 9.70. The van der Waals surface area contributed by atoms with Gasteiger partial charge in [-0.15, -0.1) is 47.5 Å². The van der Waals surface area contributed by atoms with E-state index >= 15 is 0 Å². The van der Waals surface area contributed by atoms with Crippen LogP contribution in [0, 0.1) is 31.4 Å². The Morgan fingerprint density at radius 3 is 2.08 bits per heavy atom. The number of aromatic nitrogens is 2. The molecule has 9 rings (SSSR count). The quantitative estimate of drug-likeness (QED) is 0.131. The third kappa shape index (κ3) is 7.48. The molecule has 0 aliphatic carbocycles. The van der Waals surface area contributed by atoms with E-state index in [1.165, 1.54) is 27.8 Å². The van der Waals surface area contributed by atoms with Crippen LogP contribution in [-0.2, 0) is 26.5 Å². The Bertz CT molecular complexity index is 2390. The molecule has 7 aromatic rings. The third-order valence-electron chi connectivity index (χ3n) is 9.51. The SMILES string of the molecule is CC(C)(C)Cc1ccnc(-c2[c-]cc3c4c2Oc2ccccc2B4c2ccccc2O3)c1.Cc1c[c-]c(-c2cc(-c3ccccc3)c(C)cn2)cc1.[Ir]. The summed E-state index contributed by atoms with van der Waals surface area (Å²) >= 11 is 0. The van der Waals surface area contributed by atoms with Gasteiger partial charge in [0.1, 0.15) is 11.5 Å². The summed E-state index contributed by atoms with van der Waals surface area (Å²) in [5.41, 5.74) is 13.4. The zero-order valence-corrected chi connectivity index (χ0v) is 32.9. The topological polar surface area (TPSA) is 44.2 Å². The Kier molecular flexibility index (Phi) is 10.2. The molecule has 2 aliphatic rings. The van der Waals surface area contributed by atoms with Crippen molar-refractivity contribution in [3.63, 3.8) is 0 Å². The van der Waals surface area contributed by atoms with Gasteiger partial charge in [-0.3, -0.25) is 0 Å². The monoisotopic (exact) mass is 867 g/mol. The summed E-state index contributed by atoms with van der Waals surface area (Å²) in [6, 6.07) is 48.2. The van der Waals surface area contributed by atoms with E-state index in [0.29, 0.717) is 0 Å². The minimum atomic E-state index is 0. The number of nitrogens with zero attached hydrogens (tertiary/aromatic N) is 2. The van der Waals surface area contributed by atoms with Gasteiger partial charge >= 0.3 is 0 Å². The molecule has 0 saturated carbocycles. The smallest absolute Gasteiger partial charge is 0.239 e. The normalized spacial score (nSPS) is 12.1. The Balaban J connectivity index is 0.000000179. The molecule has 1 radical (unpaired) electrons. The van der Waals surface area contributed by atoms with E-state index in [1.807, 2.05) is 54.9 Å². The number of pyridine rings is 2. The molecule has 0 N–H and O–H groups in total. The zero-order chi connectivity index (χ0) is 35.8. The van der Waals surface area contributed by atoms with E-state index in [1.54, 1.807) is 0 Å². The van der Waals surface area contributed by atoms with E-state index in [2.05, 4.69) is 131 Å². The summed E-state index contributed by atoms with van der Waals surface area (Å²) < 4.78 is 12.8. The maximum Gasteiger partial charge on any atom is 0.239 e. The van der Waals surface area contributed by atoms with Gasteiger partial charge in [0.05, 0.1) is 0 Å². The Morgan fingerprint density at radius 2 is 1.38 bits per heavy atom. The summed E-state index contributed by atoms with van der Waals surface area (Å²) in [6.45, 7) is 11.0. The molecule has 4 nitrogen and oxygen atoms in total. The molecule has 2 aliphatic heterocycles. The van der Waals surface area contributed by atoms with Gasteiger partial charge in [0.25, 0.3) is 0 Å². The van der Waals surface area contributed by atoms with Crippen molar-refractivity contribution in [2.24, 2.45) is 5.41 Å². The molecule has 5 aromatic carbocycles. The maximum atomic E-state index is 6.51. The first kappa shape index (κ1) is 36.1. The maximum absolute atomic E-state index is 6.51. The summed E-state index contributed by atoms with van der Waals surface area (Å²) in [5.74, 6) is 3.35. The number of hydrogen-bond acceptors (Lipinski definition) is 4. The molecule has 6 heteroatoms. The van der Waals surface area contributed by atoms with Crippen LogP contribution >= 0.6 is 0 Å². The van der Waals surface area contributed by atoms with Gasteiger partial charge in [0, 0.05) is 44.0 Å². The number of benzene rings is 5. The summed E-state index contributed by atoms with van der Waals surface area (Å²) in [4.78, 5) is 9.23. The van der Waals surface area contributed by atoms with Crippen LogP contribution < -0.4 is 25.9 Å². The molecule has 0 fully saturated rings. The van der Waals surface area contributed by atoms with Crippen molar-refractivity contribution in [1.82, 2.24) is 9.97 Å². The van der Waals surface area contributed by atoms with Gasteiger partial charge in [-0.1, -0.05) is 123 Å². The first-order chi connectivity index (χ1) is 25.2. The van der Waals surface area contributed by atoms with Crippen LogP contribution in [-0.4, -0.2) is 16.7 Å². The first-order valence-electron chi connectivity index (χ1n) is 17.8. The van der Waals surface area contributed by atoms with Gasteiger partial charge in [-0.05, 0) is 76.0 Å². The molecule has 0 bridgehead atoms. The van der Waals surface area contributed by atoms with Crippen LogP contribution in [0.4, 0.5) is 0 Å². The standard InChI is InChI=1S/C28H23BNO2.C19H16N.Ir/c1-28(2,3)17-18-14-15-30-22(16-18)19-12-13-25-26-27(19)32-24-11-7-5-9-21(24)29(26)20-8-4-6-10-23(20)31-25;1-14-8-10-17(11-9-14)19-12-18(15(2)13-20-19)16-6-4-3-5-7-16;/h4-11,13-16H,17H2,1-3H3;3-10,12-13H,1-2H3;/q2*-1;. The largest absolute Gasteiger partial charge is 0.503 e. The van der Waals surface area contributed by atoms with Crippen LogP contribution in [0.15, 0.2) is 134 Å². The number of fused-ring (bicyclic) bond motifs is 4. The Morgan fingerprint density at radius 1 is 0.679 bits per heavy atom. The first-order valence-corrected chi connectivity index (χ1v) is 17.8. The second-order valence-corrected chi connectivity index (χ2v) is 14.8. The minimum absolute atomic E-state index is 0. The van der Waals surface area contributed by atoms with Crippen LogP contribution in [0.2, 0.25) is 0 Å². The molecule has 263 valence electrons.